The number of hydrogen-bond donors (Lipinski definition) is 2. The molecule has 1 unspecified atom stereocenters. The van der Waals surface area contributed by atoms with Crippen LogP contribution < -0.4 is 4.90 Å². The van der Waals surface area contributed by atoms with Crippen LogP contribution in [0.3, 0.4) is 0 Å². The zero-order valence-corrected chi connectivity index (χ0v) is 12.6. The van der Waals surface area contributed by atoms with E-state index in [0.717, 1.165) is 27.4 Å². The molecule has 110 valence electrons. The van der Waals surface area contributed by atoms with Gasteiger partial charge in [0.1, 0.15) is 6.20 Å². The van der Waals surface area contributed by atoms with Gasteiger partial charge in [-0.15, -0.1) is 0 Å². The number of allylic oxidation sites excluding steroid dienone is 8. The van der Waals surface area contributed by atoms with Crippen LogP contribution in [0.25, 0.3) is 0 Å². The fourth-order valence-electron chi connectivity index (χ4n) is 2.67. The lowest BCUT2D eigenvalue weighted by atomic mass is 9.98. The Hall–Kier alpha value is -2.65. The van der Waals surface area contributed by atoms with Gasteiger partial charge >= 0.3 is 0 Å². The fourth-order valence-corrected chi connectivity index (χ4v) is 2.67. The largest absolute Gasteiger partial charge is 0.503 e. The van der Waals surface area contributed by atoms with Gasteiger partial charge in [-0.1, -0.05) is 23.8 Å². The molecule has 0 amide bonds. The number of nitrogens with one attached hydrogen (secondary N) is 1. The Kier molecular flexibility index (Phi) is 3.65. The van der Waals surface area contributed by atoms with Gasteiger partial charge in [-0.05, 0) is 43.7 Å². The first-order chi connectivity index (χ1) is 10.6. The predicted molar refractivity (Wildman–Crippen MR) is 86.7 cm³/mol. The molecule has 0 radical (unpaired) electrons. The van der Waals surface area contributed by atoms with Gasteiger partial charge in [-0.25, -0.2) is 4.90 Å². The van der Waals surface area contributed by atoms with Gasteiger partial charge in [0.05, 0.1) is 5.57 Å². The lowest BCUT2D eigenvalue weighted by molar-refractivity contribution is -0.727. The Morgan fingerprint density at radius 1 is 1.05 bits per heavy atom. The van der Waals surface area contributed by atoms with Crippen molar-refractivity contribution in [1.29, 1.82) is 0 Å². The molecule has 0 saturated heterocycles. The highest BCUT2D eigenvalue weighted by Gasteiger charge is 2.26. The van der Waals surface area contributed by atoms with Crippen molar-refractivity contribution in [3.8, 4) is 5.75 Å². The number of benzene rings is 1. The number of aromatic hydroxyl groups is 1. The summed E-state index contributed by atoms with van der Waals surface area (Å²) < 4.78 is 0. The Balaban J connectivity index is 2.16. The summed E-state index contributed by atoms with van der Waals surface area (Å²) in [6.45, 7) is 3.95. The summed E-state index contributed by atoms with van der Waals surface area (Å²) >= 11 is 0. The molecule has 1 atom stereocenters. The van der Waals surface area contributed by atoms with E-state index in [1.54, 1.807) is 12.1 Å². The summed E-state index contributed by atoms with van der Waals surface area (Å²) in [6.07, 6.45) is 13.0. The molecule has 1 aromatic rings. The van der Waals surface area contributed by atoms with E-state index in [0.29, 0.717) is 5.57 Å². The number of phenolic OH excluding ortho intramolecular Hbond substituents is 1. The minimum atomic E-state index is -0.00908. The van der Waals surface area contributed by atoms with Gasteiger partial charge in [0.15, 0.2) is 22.9 Å². The molecule has 3 heteroatoms. The molecule has 0 aromatic heterocycles. The molecular weight excluding hydrogens is 274 g/mol. The molecule has 22 heavy (non-hydrogen) atoms. The maximum absolute atomic E-state index is 12.2. The minimum Gasteiger partial charge on any atom is -0.503 e. The summed E-state index contributed by atoms with van der Waals surface area (Å²) in [7, 11) is 0. The summed E-state index contributed by atoms with van der Waals surface area (Å²) in [5.74, 6) is 0.211. The SMILES string of the molecule is CC1=CC(=C2C=CC=C[NH+]2c2cc(C)ccc2O)C(=O)C=C1. The first-order valence-electron chi connectivity index (χ1n) is 7.23. The lowest BCUT2D eigenvalue weighted by Crippen LogP contribution is -3.00. The van der Waals surface area contributed by atoms with Crippen molar-refractivity contribution in [3.05, 3.63) is 83.3 Å². The number of quaternary nitrogens is 1. The number of carbonyl (C=O) groups excluding carboxylic acids is 1. The van der Waals surface area contributed by atoms with Crippen molar-refractivity contribution in [2.24, 2.45) is 0 Å². The summed E-state index contributed by atoms with van der Waals surface area (Å²) in [4.78, 5) is 13.1. The molecule has 1 aliphatic heterocycles. The highest BCUT2D eigenvalue weighted by Crippen LogP contribution is 2.23. The van der Waals surface area contributed by atoms with Crippen molar-refractivity contribution in [1.82, 2.24) is 0 Å². The molecule has 0 fully saturated rings. The Morgan fingerprint density at radius 3 is 2.68 bits per heavy atom. The van der Waals surface area contributed by atoms with Crippen molar-refractivity contribution in [3.63, 3.8) is 0 Å². The van der Waals surface area contributed by atoms with Crippen molar-refractivity contribution >= 4 is 11.5 Å². The van der Waals surface area contributed by atoms with Gasteiger partial charge < -0.3 is 5.11 Å². The Morgan fingerprint density at radius 2 is 1.86 bits per heavy atom. The molecule has 1 aliphatic carbocycles. The van der Waals surface area contributed by atoms with E-state index in [1.165, 1.54) is 0 Å². The third-order valence-corrected chi connectivity index (χ3v) is 3.79. The minimum absolute atomic E-state index is 0.00908. The monoisotopic (exact) mass is 292 g/mol. The van der Waals surface area contributed by atoms with E-state index in [-0.39, 0.29) is 11.5 Å². The standard InChI is InChI=1S/C19H17NO2/c1-13-6-8-18(21)15(11-13)16-5-3-4-10-20(16)17-12-14(2)7-9-19(17)22/h3-12,22H,1-2H3/p+1. The summed E-state index contributed by atoms with van der Waals surface area (Å²) in [5.41, 5.74) is 4.36. The van der Waals surface area contributed by atoms with Crippen LogP contribution in [0.5, 0.6) is 5.75 Å². The number of ketones is 1. The number of phenols is 1. The maximum atomic E-state index is 12.2. The number of rotatable bonds is 1. The topological polar surface area (TPSA) is 41.7 Å². The Bertz CT molecular complexity index is 792. The van der Waals surface area contributed by atoms with Crippen LogP contribution in [0, 0.1) is 6.92 Å². The third kappa shape index (κ3) is 2.59. The van der Waals surface area contributed by atoms with Crippen molar-refractivity contribution < 1.29 is 14.8 Å². The zero-order valence-electron chi connectivity index (χ0n) is 12.6. The van der Waals surface area contributed by atoms with Crippen LogP contribution in [-0.2, 0) is 4.79 Å². The number of carbonyl (C=O) groups is 1. The molecular formula is C19H18NO2+. The van der Waals surface area contributed by atoms with E-state index in [4.69, 9.17) is 0 Å². The van der Waals surface area contributed by atoms with Crippen LogP contribution in [0.1, 0.15) is 12.5 Å². The van der Waals surface area contributed by atoms with Gasteiger partial charge in [0, 0.05) is 12.1 Å². The molecule has 0 bridgehead atoms. The van der Waals surface area contributed by atoms with E-state index in [9.17, 15) is 9.90 Å². The Labute approximate surface area is 129 Å². The number of aryl methyl sites for hydroxylation is 1. The molecule has 0 spiro atoms. The molecule has 3 rings (SSSR count). The quantitative estimate of drug-likeness (QED) is 0.617. The van der Waals surface area contributed by atoms with Crippen molar-refractivity contribution in [2.45, 2.75) is 13.8 Å². The van der Waals surface area contributed by atoms with Crippen LogP contribution in [0.2, 0.25) is 0 Å². The predicted octanol–water partition coefficient (Wildman–Crippen LogP) is 2.64. The third-order valence-electron chi connectivity index (χ3n) is 3.79. The molecule has 2 aliphatic rings. The first-order valence-corrected chi connectivity index (χ1v) is 7.23. The van der Waals surface area contributed by atoms with Gasteiger partial charge in [0.25, 0.3) is 0 Å². The van der Waals surface area contributed by atoms with Crippen LogP contribution in [0.4, 0.5) is 5.69 Å². The molecule has 2 N–H and O–H groups in total. The molecule has 3 nitrogen and oxygen atoms in total. The highest BCUT2D eigenvalue weighted by molar-refractivity contribution is 6.08. The number of hydrogen-bond acceptors (Lipinski definition) is 2. The van der Waals surface area contributed by atoms with Crippen molar-refractivity contribution in [2.75, 3.05) is 0 Å². The zero-order chi connectivity index (χ0) is 15.7. The average Bonchev–Trinajstić information content (AvgIpc) is 2.52. The van der Waals surface area contributed by atoms with Gasteiger partial charge in [-0.2, -0.15) is 0 Å². The second-order valence-electron chi connectivity index (χ2n) is 5.57. The van der Waals surface area contributed by atoms with Gasteiger partial charge in [0.2, 0.25) is 0 Å². The van der Waals surface area contributed by atoms with E-state index in [2.05, 4.69) is 0 Å². The maximum Gasteiger partial charge on any atom is 0.191 e. The van der Waals surface area contributed by atoms with E-state index < -0.39 is 0 Å². The molecule has 1 heterocycles. The normalized spacial score (nSPS) is 23.8. The summed E-state index contributed by atoms with van der Waals surface area (Å²) in [5, 5.41) is 10.2. The highest BCUT2D eigenvalue weighted by atomic mass is 16.3. The van der Waals surface area contributed by atoms with Crippen LogP contribution in [0.15, 0.2) is 77.7 Å². The second kappa shape index (κ2) is 5.62. The molecule has 1 aromatic carbocycles. The summed E-state index contributed by atoms with van der Waals surface area (Å²) in [6, 6.07) is 5.50. The first kappa shape index (κ1) is 14.3. The van der Waals surface area contributed by atoms with E-state index in [1.807, 2.05) is 62.6 Å². The van der Waals surface area contributed by atoms with Crippen LogP contribution >= 0.6 is 0 Å². The smallest absolute Gasteiger partial charge is 0.191 e. The molecule has 0 saturated carbocycles. The van der Waals surface area contributed by atoms with E-state index >= 15 is 0 Å². The van der Waals surface area contributed by atoms with Gasteiger partial charge in [-0.3, -0.25) is 4.79 Å². The average molecular weight is 292 g/mol. The fraction of sp³-hybridized carbons (Fsp3) is 0.105. The lowest BCUT2D eigenvalue weighted by Gasteiger charge is -2.21. The second-order valence-corrected chi connectivity index (χ2v) is 5.57. The van der Waals surface area contributed by atoms with Crippen LogP contribution in [-0.4, -0.2) is 10.9 Å².